The van der Waals surface area contributed by atoms with Crippen molar-refractivity contribution in [3.63, 3.8) is 0 Å². The number of carbonyl (C=O) groups is 1. The summed E-state index contributed by atoms with van der Waals surface area (Å²) in [4.78, 5) is 26.7. The van der Waals surface area contributed by atoms with Gasteiger partial charge in [-0.2, -0.15) is 0 Å². The second-order valence-electron chi connectivity index (χ2n) is 3.90. The number of hydrogen-bond donors (Lipinski definition) is 0. The van der Waals surface area contributed by atoms with Gasteiger partial charge in [0.15, 0.2) is 11.9 Å². The molecule has 2 heterocycles. The first-order valence-corrected chi connectivity index (χ1v) is 6.05. The SMILES string of the molecule is O=COC1CCCn2c1ncc(CCCl)c2=O. The fourth-order valence-electron chi connectivity index (χ4n) is 2.05. The molecule has 0 spiro atoms. The lowest BCUT2D eigenvalue weighted by atomic mass is 10.1. The van der Waals surface area contributed by atoms with Crippen molar-refractivity contribution in [1.29, 1.82) is 0 Å². The van der Waals surface area contributed by atoms with Gasteiger partial charge < -0.3 is 4.74 Å². The van der Waals surface area contributed by atoms with Crippen LogP contribution in [0.2, 0.25) is 0 Å². The van der Waals surface area contributed by atoms with Gasteiger partial charge in [0, 0.05) is 24.2 Å². The third-order valence-electron chi connectivity index (χ3n) is 2.87. The van der Waals surface area contributed by atoms with E-state index in [1.807, 2.05) is 0 Å². The topological polar surface area (TPSA) is 61.2 Å². The van der Waals surface area contributed by atoms with E-state index in [1.165, 1.54) is 6.20 Å². The van der Waals surface area contributed by atoms with Gasteiger partial charge in [0.2, 0.25) is 0 Å². The zero-order chi connectivity index (χ0) is 12.3. The van der Waals surface area contributed by atoms with Gasteiger partial charge in [0.1, 0.15) is 0 Å². The summed E-state index contributed by atoms with van der Waals surface area (Å²) in [5.41, 5.74) is 0.533. The molecule has 5 nitrogen and oxygen atoms in total. The molecule has 2 rings (SSSR count). The summed E-state index contributed by atoms with van der Waals surface area (Å²) in [5, 5.41) is 0. The minimum Gasteiger partial charge on any atom is -0.456 e. The van der Waals surface area contributed by atoms with Crippen LogP contribution in [0.5, 0.6) is 0 Å². The van der Waals surface area contributed by atoms with E-state index >= 15 is 0 Å². The first-order chi connectivity index (χ1) is 8.27. The molecule has 1 atom stereocenters. The van der Waals surface area contributed by atoms with E-state index in [4.69, 9.17) is 16.3 Å². The van der Waals surface area contributed by atoms with E-state index in [0.29, 0.717) is 43.1 Å². The molecule has 0 fully saturated rings. The van der Waals surface area contributed by atoms with Crippen LogP contribution in [0.15, 0.2) is 11.0 Å². The molecule has 1 aliphatic heterocycles. The van der Waals surface area contributed by atoms with Crippen LogP contribution in [0.1, 0.15) is 30.3 Å². The monoisotopic (exact) mass is 256 g/mol. The number of nitrogens with zero attached hydrogens (tertiary/aromatic N) is 2. The van der Waals surface area contributed by atoms with Crippen LogP contribution in [-0.2, 0) is 22.5 Å². The summed E-state index contributed by atoms with van der Waals surface area (Å²) in [6.45, 7) is 1.02. The molecule has 0 saturated carbocycles. The van der Waals surface area contributed by atoms with Gasteiger partial charge in [0.05, 0.1) is 0 Å². The molecule has 0 aliphatic carbocycles. The van der Waals surface area contributed by atoms with Crippen LogP contribution in [0.25, 0.3) is 0 Å². The molecule has 1 unspecified atom stereocenters. The van der Waals surface area contributed by atoms with E-state index in [0.717, 1.165) is 6.42 Å². The van der Waals surface area contributed by atoms with Gasteiger partial charge in [0.25, 0.3) is 12.0 Å². The molecule has 1 aromatic rings. The largest absolute Gasteiger partial charge is 0.456 e. The molecule has 17 heavy (non-hydrogen) atoms. The fourth-order valence-corrected chi connectivity index (χ4v) is 2.26. The summed E-state index contributed by atoms with van der Waals surface area (Å²) in [7, 11) is 0. The Morgan fingerprint density at radius 2 is 2.47 bits per heavy atom. The van der Waals surface area contributed by atoms with Crippen LogP contribution in [0.3, 0.4) is 0 Å². The molecule has 6 heteroatoms. The van der Waals surface area contributed by atoms with Gasteiger partial charge >= 0.3 is 0 Å². The van der Waals surface area contributed by atoms with E-state index < -0.39 is 6.10 Å². The van der Waals surface area contributed by atoms with Crippen molar-refractivity contribution in [3.8, 4) is 0 Å². The number of aromatic nitrogens is 2. The summed E-state index contributed by atoms with van der Waals surface area (Å²) in [6, 6.07) is 0. The maximum atomic E-state index is 12.1. The maximum absolute atomic E-state index is 12.1. The molecule has 1 aromatic heterocycles. The van der Waals surface area contributed by atoms with Crippen molar-refractivity contribution in [2.45, 2.75) is 31.9 Å². The number of ether oxygens (including phenoxy) is 1. The Balaban J connectivity index is 2.41. The Labute approximate surface area is 103 Å². The molecule has 0 aromatic carbocycles. The Morgan fingerprint density at radius 3 is 3.18 bits per heavy atom. The van der Waals surface area contributed by atoms with Gasteiger partial charge in [-0.05, 0) is 19.3 Å². The van der Waals surface area contributed by atoms with Gasteiger partial charge in [-0.3, -0.25) is 14.2 Å². The zero-order valence-corrected chi connectivity index (χ0v) is 10.0. The normalized spacial score (nSPS) is 18.5. The highest BCUT2D eigenvalue weighted by atomic mass is 35.5. The smallest absolute Gasteiger partial charge is 0.293 e. The van der Waals surface area contributed by atoms with Crippen LogP contribution in [0.4, 0.5) is 0 Å². The molecule has 0 N–H and O–H groups in total. The second-order valence-corrected chi connectivity index (χ2v) is 4.28. The molecule has 0 saturated heterocycles. The fraction of sp³-hybridized carbons (Fsp3) is 0.545. The average Bonchev–Trinajstić information content (AvgIpc) is 2.34. The van der Waals surface area contributed by atoms with Crippen LogP contribution in [0, 0.1) is 0 Å². The number of fused-ring (bicyclic) bond motifs is 1. The number of hydrogen-bond acceptors (Lipinski definition) is 4. The van der Waals surface area contributed by atoms with Gasteiger partial charge in [-0.1, -0.05) is 0 Å². The molecular weight excluding hydrogens is 244 g/mol. The van der Waals surface area contributed by atoms with Crippen molar-refractivity contribution in [2.75, 3.05) is 5.88 Å². The van der Waals surface area contributed by atoms with Crippen LogP contribution < -0.4 is 5.56 Å². The van der Waals surface area contributed by atoms with E-state index in [9.17, 15) is 9.59 Å². The number of aryl methyl sites for hydroxylation is 1. The lowest BCUT2D eigenvalue weighted by Crippen LogP contribution is -2.33. The summed E-state index contributed by atoms with van der Waals surface area (Å²) < 4.78 is 6.52. The predicted molar refractivity (Wildman–Crippen MR) is 62.0 cm³/mol. The Kier molecular flexibility index (Phi) is 3.78. The van der Waals surface area contributed by atoms with Crippen molar-refractivity contribution >= 4 is 18.1 Å². The van der Waals surface area contributed by atoms with Crippen LogP contribution >= 0.6 is 11.6 Å². The van der Waals surface area contributed by atoms with E-state index in [-0.39, 0.29) is 5.56 Å². The highest BCUT2D eigenvalue weighted by Crippen LogP contribution is 2.24. The first kappa shape index (κ1) is 12.1. The lowest BCUT2D eigenvalue weighted by Gasteiger charge is -2.24. The number of carbonyl (C=O) groups excluding carboxylic acids is 1. The Bertz CT molecular complexity index is 472. The predicted octanol–water partition coefficient (Wildman–Crippen LogP) is 1.03. The molecule has 0 radical (unpaired) electrons. The molecule has 1 aliphatic rings. The van der Waals surface area contributed by atoms with Crippen molar-refractivity contribution in [1.82, 2.24) is 9.55 Å². The summed E-state index contributed by atoms with van der Waals surface area (Å²) in [6.07, 6.45) is 3.15. The molecule has 0 bridgehead atoms. The van der Waals surface area contributed by atoms with Crippen molar-refractivity contribution < 1.29 is 9.53 Å². The van der Waals surface area contributed by atoms with E-state index in [1.54, 1.807) is 4.57 Å². The average molecular weight is 257 g/mol. The number of alkyl halides is 1. The van der Waals surface area contributed by atoms with Gasteiger partial charge in [-0.15, -0.1) is 11.6 Å². The van der Waals surface area contributed by atoms with Gasteiger partial charge in [-0.25, -0.2) is 4.98 Å². The minimum absolute atomic E-state index is 0.0742. The van der Waals surface area contributed by atoms with Crippen molar-refractivity contribution in [3.05, 3.63) is 27.9 Å². The zero-order valence-electron chi connectivity index (χ0n) is 9.26. The number of rotatable bonds is 4. The van der Waals surface area contributed by atoms with E-state index in [2.05, 4.69) is 4.98 Å². The summed E-state index contributed by atoms with van der Waals surface area (Å²) in [5.74, 6) is 0.927. The molecule has 0 amide bonds. The molecule has 92 valence electrons. The standard InChI is InChI=1S/C11H13ClN2O3/c12-4-3-8-6-13-10-9(17-7-15)2-1-5-14(10)11(8)16/h6-7,9H,1-5H2. The minimum atomic E-state index is -0.404. The number of halogens is 1. The lowest BCUT2D eigenvalue weighted by molar-refractivity contribution is -0.135. The van der Waals surface area contributed by atoms with Crippen molar-refractivity contribution in [2.24, 2.45) is 0 Å². The third-order valence-corrected chi connectivity index (χ3v) is 3.06. The highest BCUT2D eigenvalue weighted by molar-refractivity contribution is 6.17. The highest BCUT2D eigenvalue weighted by Gasteiger charge is 2.24. The quantitative estimate of drug-likeness (QED) is 0.596. The first-order valence-electron chi connectivity index (χ1n) is 5.51. The Morgan fingerprint density at radius 1 is 1.65 bits per heavy atom. The maximum Gasteiger partial charge on any atom is 0.293 e. The third kappa shape index (κ3) is 2.34. The summed E-state index contributed by atoms with van der Waals surface area (Å²) >= 11 is 5.62. The Hall–Kier alpha value is -1.36. The second kappa shape index (κ2) is 5.31. The van der Waals surface area contributed by atoms with Crippen LogP contribution in [-0.4, -0.2) is 21.9 Å². The molecular formula is C11H13ClN2O3.